The minimum absolute atomic E-state index is 0.0418. The number of likely N-dealkylation sites (tertiary alicyclic amines) is 1. The van der Waals surface area contributed by atoms with Crippen molar-refractivity contribution in [1.29, 1.82) is 0 Å². The molecule has 14 heavy (non-hydrogen) atoms. The Labute approximate surface area is 82.9 Å². The quantitative estimate of drug-likeness (QED) is 0.658. The van der Waals surface area contributed by atoms with Crippen molar-refractivity contribution in [3.05, 3.63) is 0 Å². The Balaban J connectivity index is 2.83. The van der Waals surface area contributed by atoms with Gasteiger partial charge < -0.3 is 10.8 Å². The summed E-state index contributed by atoms with van der Waals surface area (Å²) in [5.74, 6) is -1.32. The van der Waals surface area contributed by atoms with Crippen LogP contribution in [0.1, 0.15) is 26.2 Å². The van der Waals surface area contributed by atoms with Crippen LogP contribution < -0.4 is 5.73 Å². The molecule has 0 aromatic carbocycles. The van der Waals surface area contributed by atoms with Crippen LogP contribution >= 0.6 is 0 Å². The van der Waals surface area contributed by atoms with Crippen molar-refractivity contribution in [2.24, 2.45) is 5.73 Å². The second kappa shape index (κ2) is 3.96. The Morgan fingerprint density at radius 2 is 2.21 bits per heavy atom. The SMILES string of the molecule is CCC1(C(=O)O)CCCN1CC(N)=O. The normalized spacial score (nSPS) is 27.8. The molecule has 1 atom stereocenters. The van der Waals surface area contributed by atoms with E-state index >= 15 is 0 Å². The summed E-state index contributed by atoms with van der Waals surface area (Å²) < 4.78 is 0. The van der Waals surface area contributed by atoms with Gasteiger partial charge in [0.05, 0.1) is 6.54 Å². The van der Waals surface area contributed by atoms with Crippen molar-refractivity contribution >= 4 is 11.9 Å². The Hall–Kier alpha value is -1.10. The molecule has 5 heteroatoms. The minimum Gasteiger partial charge on any atom is -0.480 e. The van der Waals surface area contributed by atoms with Crippen LogP contribution in [-0.4, -0.2) is 40.5 Å². The number of carboxylic acids is 1. The summed E-state index contributed by atoms with van der Waals surface area (Å²) >= 11 is 0. The van der Waals surface area contributed by atoms with Crippen LogP contribution in [0.3, 0.4) is 0 Å². The van der Waals surface area contributed by atoms with Gasteiger partial charge >= 0.3 is 5.97 Å². The van der Waals surface area contributed by atoms with E-state index in [-0.39, 0.29) is 6.54 Å². The molecule has 1 fully saturated rings. The number of nitrogens with two attached hydrogens (primary N) is 1. The maximum absolute atomic E-state index is 11.2. The van der Waals surface area contributed by atoms with E-state index in [2.05, 4.69) is 0 Å². The van der Waals surface area contributed by atoms with E-state index < -0.39 is 17.4 Å². The maximum Gasteiger partial charge on any atom is 0.324 e. The molecule has 1 heterocycles. The molecule has 0 aliphatic carbocycles. The molecule has 0 aromatic heterocycles. The fourth-order valence-corrected chi connectivity index (χ4v) is 2.15. The van der Waals surface area contributed by atoms with E-state index in [9.17, 15) is 9.59 Å². The van der Waals surface area contributed by atoms with Gasteiger partial charge in [0.1, 0.15) is 5.54 Å². The zero-order valence-electron chi connectivity index (χ0n) is 8.32. The Bertz CT molecular complexity index is 254. The van der Waals surface area contributed by atoms with Gasteiger partial charge in [0.25, 0.3) is 0 Å². The van der Waals surface area contributed by atoms with Crippen molar-refractivity contribution in [2.45, 2.75) is 31.7 Å². The minimum atomic E-state index is -0.866. The van der Waals surface area contributed by atoms with Crippen LogP contribution in [0, 0.1) is 0 Å². The molecular weight excluding hydrogens is 184 g/mol. The summed E-state index contributed by atoms with van der Waals surface area (Å²) in [6.07, 6.45) is 1.93. The molecule has 0 bridgehead atoms. The van der Waals surface area contributed by atoms with Gasteiger partial charge in [-0.15, -0.1) is 0 Å². The molecule has 1 aliphatic rings. The summed E-state index contributed by atoms with van der Waals surface area (Å²) in [5, 5.41) is 9.15. The van der Waals surface area contributed by atoms with Crippen molar-refractivity contribution in [2.75, 3.05) is 13.1 Å². The third kappa shape index (κ3) is 1.72. The number of primary amides is 1. The number of rotatable bonds is 4. The van der Waals surface area contributed by atoms with Gasteiger partial charge in [-0.05, 0) is 25.8 Å². The topological polar surface area (TPSA) is 83.6 Å². The number of amides is 1. The number of carboxylic acid groups (broad SMARTS) is 1. The molecule has 0 spiro atoms. The maximum atomic E-state index is 11.2. The predicted octanol–water partition coefficient (Wildman–Crippen LogP) is -0.199. The molecular formula is C9H16N2O3. The Kier molecular flexibility index (Phi) is 3.10. The lowest BCUT2D eigenvalue weighted by Gasteiger charge is -2.32. The summed E-state index contributed by atoms with van der Waals surface area (Å²) in [7, 11) is 0. The van der Waals surface area contributed by atoms with Gasteiger partial charge in [-0.2, -0.15) is 0 Å². The largest absolute Gasteiger partial charge is 0.480 e. The fraction of sp³-hybridized carbons (Fsp3) is 0.778. The van der Waals surface area contributed by atoms with E-state index in [4.69, 9.17) is 10.8 Å². The zero-order chi connectivity index (χ0) is 10.8. The molecule has 5 nitrogen and oxygen atoms in total. The van der Waals surface area contributed by atoms with Crippen LogP contribution in [0.15, 0.2) is 0 Å². The number of carbonyl (C=O) groups is 2. The lowest BCUT2D eigenvalue weighted by Crippen LogP contribution is -2.52. The fourth-order valence-electron chi connectivity index (χ4n) is 2.15. The summed E-state index contributed by atoms with van der Waals surface area (Å²) in [4.78, 5) is 23.6. The van der Waals surface area contributed by atoms with Gasteiger partial charge in [-0.3, -0.25) is 14.5 Å². The highest BCUT2D eigenvalue weighted by Crippen LogP contribution is 2.32. The average Bonchev–Trinajstić information content (AvgIpc) is 2.47. The molecule has 1 saturated heterocycles. The second-order valence-electron chi connectivity index (χ2n) is 3.68. The van der Waals surface area contributed by atoms with Crippen LogP contribution in [-0.2, 0) is 9.59 Å². The first-order valence-corrected chi connectivity index (χ1v) is 4.79. The first-order valence-electron chi connectivity index (χ1n) is 4.79. The lowest BCUT2D eigenvalue weighted by atomic mass is 9.93. The number of aliphatic carboxylic acids is 1. The van der Waals surface area contributed by atoms with Crippen LogP contribution in [0.5, 0.6) is 0 Å². The number of nitrogens with zero attached hydrogens (tertiary/aromatic N) is 1. The molecule has 1 unspecified atom stereocenters. The van der Waals surface area contributed by atoms with Crippen LogP contribution in [0.2, 0.25) is 0 Å². The number of hydrogen-bond donors (Lipinski definition) is 2. The molecule has 1 aliphatic heterocycles. The van der Waals surface area contributed by atoms with Crippen molar-refractivity contribution in [3.63, 3.8) is 0 Å². The average molecular weight is 200 g/mol. The standard InChI is InChI=1S/C9H16N2O3/c1-2-9(8(13)14)4-3-5-11(9)6-7(10)12/h2-6H2,1H3,(H2,10,12)(H,13,14). The zero-order valence-corrected chi connectivity index (χ0v) is 8.32. The molecule has 0 aromatic rings. The molecule has 0 saturated carbocycles. The van der Waals surface area contributed by atoms with Crippen LogP contribution in [0.4, 0.5) is 0 Å². The smallest absolute Gasteiger partial charge is 0.324 e. The molecule has 1 rings (SSSR count). The summed E-state index contributed by atoms with van der Waals surface area (Å²) in [6, 6.07) is 0. The van der Waals surface area contributed by atoms with Gasteiger partial charge in [0.2, 0.25) is 5.91 Å². The van der Waals surface area contributed by atoms with Gasteiger partial charge in [0.15, 0.2) is 0 Å². The van der Waals surface area contributed by atoms with E-state index in [1.165, 1.54) is 0 Å². The summed E-state index contributed by atoms with van der Waals surface area (Å²) in [5.41, 5.74) is 4.21. The number of hydrogen-bond acceptors (Lipinski definition) is 3. The number of carbonyl (C=O) groups excluding carboxylic acids is 1. The molecule has 1 amide bonds. The first kappa shape index (κ1) is 11.0. The highest BCUT2D eigenvalue weighted by atomic mass is 16.4. The molecule has 3 N–H and O–H groups in total. The van der Waals surface area contributed by atoms with E-state index in [1.54, 1.807) is 4.90 Å². The molecule has 0 radical (unpaired) electrons. The highest BCUT2D eigenvalue weighted by Gasteiger charge is 2.46. The third-order valence-electron chi connectivity index (χ3n) is 2.95. The van der Waals surface area contributed by atoms with Gasteiger partial charge in [0, 0.05) is 0 Å². The summed E-state index contributed by atoms with van der Waals surface area (Å²) in [6.45, 7) is 2.51. The van der Waals surface area contributed by atoms with Crippen molar-refractivity contribution < 1.29 is 14.7 Å². The van der Waals surface area contributed by atoms with Crippen molar-refractivity contribution in [3.8, 4) is 0 Å². The Morgan fingerprint density at radius 1 is 1.57 bits per heavy atom. The van der Waals surface area contributed by atoms with E-state index in [0.717, 1.165) is 6.42 Å². The van der Waals surface area contributed by atoms with Gasteiger partial charge in [-0.1, -0.05) is 6.92 Å². The van der Waals surface area contributed by atoms with Gasteiger partial charge in [-0.25, -0.2) is 0 Å². The van der Waals surface area contributed by atoms with Crippen molar-refractivity contribution in [1.82, 2.24) is 4.90 Å². The monoisotopic (exact) mass is 200 g/mol. The molecule has 80 valence electrons. The third-order valence-corrected chi connectivity index (χ3v) is 2.95. The van der Waals surface area contributed by atoms with Crippen LogP contribution in [0.25, 0.3) is 0 Å². The first-order chi connectivity index (χ1) is 6.53. The lowest BCUT2D eigenvalue weighted by molar-refractivity contribution is -0.150. The van der Waals surface area contributed by atoms with E-state index in [1.807, 2.05) is 6.92 Å². The van der Waals surface area contributed by atoms with E-state index in [0.29, 0.717) is 19.4 Å². The predicted molar refractivity (Wildman–Crippen MR) is 50.7 cm³/mol. The highest BCUT2D eigenvalue weighted by molar-refractivity contribution is 5.81. The second-order valence-corrected chi connectivity index (χ2v) is 3.68. The Morgan fingerprint density at radius 3 is 2.64 bits per heavy atom.